The third kappa shape index (κ3) is 3.79. The smallest absolute Gasteiger partial charge is 0.317 e. The summed E-state index contributed by atoms with van der Waals surface area (Å²) in [6, 6.07) is 12.8. The Labute approximate surface area is 154 Å². The van der Waals surface area contributed by atoms with Gasteiger partial charge in [-0.25, -0.2) is 4.79 Å². The molecule has 1 aliphatic heterocycles. The van der Waals surface area contributed by atoms with Crippen molar-refractivity contribution >= 4 is 11.8 Å². The van der Waals surface area contributed by atoms with Crippen LogP contribution in [0.1, 0.15) is 42.9 Å². The standard InChI is InChI=1S/C20H25N5O/c26-20(23-18-8-3-6-15-5-1-2-7-17(15)18)25-13-10-16(11-14-25)22-19-9-4-12-21-24-19/h1-2,4-5,7,9,12,16,18H,3,6,8,10-11,13-14H2,(H,22,24)(H,23,26). The summed E-state index contributed by atoms with van der Waals surface area (Å²) in [5.74, 6) is 0.800. The SMILES string of the molecule is O=C(NC1CCCc2ccccc21)N1CCC(Nc2cccnn2)CC1. The normalized spacial score (nSPS) is 20.3. The molecule has 136 valence electrons. The Balaban J connectivity index is 1.30. The Hall–Kier alpha value is -2.63. The van der Waals surface area contributed by atoms with Crippen molar-refractivity contribution in [3.8, 4) is 0 Å². The Morgan fingerprint density at radius 1 is 1.08 bits per heavy atom. The van der Waals surface area contributed by atoms with Crippen molar-refractivity contribution in [3.05, 3.63) is 53.7 Å². The minimum Gasteiger partial charge on any atom is -0.366 e. The molecule has 0 spiro atoms. The highest BCUT2D eigenvalue weighted by molar-refractivity contribution is 5.75. The molecule has 26 heavy (non-hydrogen) atoms. The summed E-state index contributed by atoms with van der Waals surface area (Å²) >= 11 is 0. The number of fused-ring (bicyclic) bond motifs is 1. The molecule has 6 nitrogen and oxygen atoms in total. The average molecular weight is 351 g/mol. The molecule has 2 aromatic rings. The number of nitrogens with zero attached hydrogens (tertiary/aromatic N) is 3. The van der Waals surface area contributed by atoms with Crippen molar-refractivity contribution in [3.63, 3.8) is 0 Å². The van der Waals surface area contributed by atoms with Crippen molar-refractivity contribution in [1.29, 1.82) is 0 Å². The number of carbonyl (C=O) groups excluding carboxylic acids is 1. The number of anilines is 1. The van der Waals surface area contributed by atoms with E-state index in [4.69, 9.17) is 0 Å². The predicted octanol–water partition coefficient (Wildman–Crippen LogP) is 3.14. The number of carbonyl (C=O) groups is 1. The zero-order valence-electron chi connectivity index (χ0n) is 14.9. The number of hydrogen-bond acceptors (Lipinski definition) is 4. The average Bonchev–Trinajstić information content (AvgIpc) is 2.70. The van der Waals surface area contributed by atoms with Gasteiger partial charge in [0.25, 0.3) is 0 Å². The second-order valence-corrected chi connectivity index (χ2v) is 7.11. The molecular formula is C20H25N5O. The van der Waals surface area contributed by atoms with Gasteiger partial charge in [0, 0.05) is 25.3 Å². The molecule has 1 aliphatic carbocycles. The first kappa shape index (κ1) is 16.8. The van der Waals surface area contributed by atoms with E-state index in [-0.39, 0.29) is 12.1 Å². The van der Waals surface area contributed by atoms with Gasteiger partial charge in [-0.05, 0) is 55.4 Å². The molecular weight excluding hydrogens is 326 g/mol. The zero-order valence-corrected chi connectivity index (χ0v) is 14.9. The van der Waals surface area contributed by atoms with E-state index in [1.807, 2.05) is 17.0 Å². The Morgan fingerprint density at radius 3 is 2.73 bits per heavy atom. The number of benzene rings is 1. The van der Waals surface area contributed by atoms with Gasteiger partial charge in [0.05, 0.1) is 6.04 Å². The third-order valence-electron chi connectivity index (χ3n) is 5.37. The zero-order chi connectivity index (χ0) is 17.8. The number of hydrogen-bond donors (Lipinski definition) is 2. The number of nitrogens with one attached hydrogen (secondary N) is 2. The van der Waals surface area contributed by atoms with Crippen LogP contribution in [0, 0.1) is 0 Å². The molecule has 0 bridgehead atoms. The quantitative estimate of drug-likeness (QED) is 0.891. The molecule has 1 atom stereocenters. The van der Waals surface area contributed by atoms with E-state index in [9.17, 15) is 4.79 Å². The number of piperidine rings is 1. The van der Waals surface area contributed by atoms with Crippen molar-refractivity contribution in [1.82, 2.24) is 20.4 Å². The highest BCUT2D eigenvalue weighted by Gasteiger charge is 2.26. The molecule has 1 aromatic carbocycles. The molecule has 2 N–H and O–H groups in total. The molecule has 6 heteroatoms. The van der Waals surface area contributed by atoms with Crippen LogP contribution in [0.5, 0.6) is 0 Å². The van der Waals surface area contributed by atoms with Gasteiger partial charge in [0.2, 0.25) is 0 Å². The molecule has 4 rings (SSSR count). The number of aryl methyl sites for hydroxylation is 1. The summed E-state index contributed by atoms with van der Waals surface area (Å²) in [5.41, 5.74) is 2.65. The molecule has 2 aliphatic rings. The van der Waals surface area contributed by atoms with Crippen LogP contribution in [-0.2, 0) is 6.42 Å². The summed E-state index contributed by atoms with van der Waals surface area (Å²) in [6.07, 6.45) is 6.78. The third-order valence-corrected chi connectivity index (χ3v) is 5.37. The van der Waals surface area contributed by atoms with Crippen LogP contribution >= 0.6 is 0 Å². The minimum atomic E-state index is 0.0599. The predicted molar refractivity (Wildman–Crippen MR) is 101 cm³/mol. The topological polar surface area (TPSA) is 70.2 Å². The lowest BCUT2D eigenvalue weighted by atomic mass is 9.88. The molecule has 2 heterocycles. The number of aromatic nitrogens is 2. The van der Waals surface area contributed by atoms with Gasteiger partial charge in [-0.15, -0.1) is 5.10 Å². The molecule has 1 fully saturated rings. The number of urea groups is 1. The fraction of sp³-hybridized carbons (Fsp3) is 0.450. The van der Waals surface area contributed by atoms with Crippen molar-refractivity contribution in [2.75, 3.05) is 18.4 Å². The van der Waals surface area contributed by atoms with E-state index in [0.29, 0.717) is 6.04 Å². The van der Waals surface area contributed by atoms with Gasteiger partial charge >= 0.3 is 6.03 Å². The van der Waals surface area contributed by atoms with Gasteiger partial charge in [-0.2, -0.15) is 5.10 Å². The number of rotatable bonds is 3. The van der Waals surface area contributed by atoms with Crippen molar-refractivity contribution in [2.45, 2.75) is 44.2 Å². The van der Waals surface area contributed by atoms with E-state index >= 15 is 0 Å². The maximum absolute atomic E-state index is 12.7. The molecule has 1 unspecified atom stereocenters. The van der Waals surface area contributed by atoms with E-state index in [1.54, 1.807) is 6.20 Å². The van der Waals surface area contributed by atoms with Gasteiger partial charge in [0.15, 0.2) is 0 Å². The van der Waals surface area contributed by atoms with Crippen LogP contribution in [0.2, 0.25) is 0 Å². The van der Waals surface area contributed by atoms with Gasteiger partial charge in [-0.1, -0.05) is 24.3 Å². The Bertz CT molecular complexity index is 743. The van der Waals surface area contributed by atoms with Crippen LogP contribution in [0.25, 0.3) is 0 Å². The van der Waals surface area contributed by atoms with Crippen LogP contribution in [0.15, 0.2) is 42.6 Å². The molecule has 1 aromatic heterocycles. The van der Waals surface area contributed by atoms with Gasteiger partial charge in [0.1, 0.15) is 5.82 Å². The second-order valence-electron chi connectivity index (χ2n) is 7.11. The summed E-state index contributed by atoms with van der Waals surface area (Å²) in [6.45, 7) is 1.52. The lowest BCUT2D eigenvalue weighted by Gasteiger charge is -2.34. The first-order valence-corrected chi connectivity index (χ1v) is 9.47. The minimum absolute atomic E-state index is 0.0599. The van der Waals surface area contributed by atoms with E-state index in [2.05, 4.69) is 45.1 Å². The maximum Gasteiger partial charge on any atom is 0.317 e. The lowest BCUT2D eigenvalue weighted by Crippen LogP contribution is -2.48. The van der Waals surface area contributed by atoms with Crippen LogP contribution in [-0.4, -0.2) is 40.3 Å². The number of likely N-dealkylation sites (tertiary alicyclic amines) is 1. The second kappa shape index (κ2) is 7.72. The first-order chi connectivity index (χ1) is 12.8. The summed E-state index contributed by atoms with van der Waals surface area (Å²) in [7, 11) is 0. The maximum atomic E-state index is 12.7. The van der Waals surface area contributed by atoms with Crippen LogP contribution in [0.4, 0.5) is 10.6 Å². The molecule has 0 radical (unpaired) electrons. The first-order valence-electron chi connectivity index (χ1n) is 9.47. The van der Waals surface area contributed by atoms with E-state index < -0.39 is 0 Å². The lowest BCUT2D eigenvalue weighted by molar-refractivity contribution is 0.178. The monoisotopic (exact) mass is 351 g/mol. The van der Waals surface area contributed by atoms with Crippen LogP contribution < -0.4 is 10.6 Å². The van der Waals surface area contributed by atoms with Crippen LogP contribution in [0.3, 0.4) is 0 Å². The number of amides is 2. The fourth-order valence-corrected chi connectivity index (χ4v) is 3.96. The summed E-state index contributed by atoms with van der Waals surface area (Å²) < 4.78 is 0. The van der Waals surface area contributed by atoms with Crippen molar-refractivity contribution < 1.29 is 4.79 Å². The summed E-state index contributed by atoms with van der Waals surface area (Å²) in [5, 5.41) is 14.6. The highest BCUT2D eigenvalue weighted by Crippen LogP contribution is 2.29. The van der Waals surface area contributed by atoms with E-state index in [0.717, 1.165) is 51.0 Å². The Morgan fingerprint density at radius 2 is 1.92 bits per heavy atom. The Kier molecular flexibility index (Phi) is 5.00. The van der Waals surface area contributed by atoms with E-state index in [1.165, 1.54) is 11.1 Å². The van der Waals surface area contributed by atoms with Gasteiger partial charge in [-0.3, -0.25) is 0 Å². The molecule has 0 saturated carbocycles. The summed E-state index contributed by atoms with van der Waals surface area (Å²) in [4.78, 5) is 14.6. The molecule has 1 saturated heterocycles. The largest absolute Gasteiger partial charge is 0.366 e. The molecule has 2 amide bonds. The van der Waals surface area contributed by atoms with Gasteiger partial charge < -0.3 is 15.5 Å². The van der Waals surface area contributed by atoms with Crippen molar-refractivity contribution in [2.24, 2.45) is 0 Å². The fourth-order valence-electron chi connectivity index (χ4n) is 3.96. The highest BCUT2D eigenvalue weighted by atomic mass is 16.2.